The van der Waals surface area contributed by atoms with Gasteiger partial charge in [-0.25, -0.2) is 0 Å². The summed E-state index contributed by atoms with van der Waals surface area (Å²) < 4.78 is 0. The van der Waals surface area contributed by atoms with Crippen molar-refractivity contribution in [1.29, 1.82) is 0 Å². The largest absolute Gasteiger partial charge is 0.508 e. The highest BCUT2D eigenvalue weighted by molar-refractivity contribution is 5.79. The van der Waals surface area contributed by atoms with Gasteiger partial charge < -0.3 is 15.3 Å². The Labute approximate surface area is 101 Å². The molecule has 0 unspecified atom stereocenters. The van der Waals surface area contributed by atoms with E-state index in [0.29, 0.717) is 11.6 Å². The Morgan fingerprint density at radius 3 is 3.00 bits per heavy atom. The zero-order chi connectivity index (χ0) is 12.3. The van der Waals surface area contributed by atoms with Crippen LogP contribution in [-0.2, 0) is 11.2 Å². The number of carbonyl (C=O) groups excluding carboxylic acids is 1. The van der Waals surface area contributed by atoms with Crippen LogP contribution in [0.5, 0.6) is 5.75 Å². The summed E-state index contributed by atoms with van der Waals surface area (Å²) in [6, 6.07) is 7.35. The molecule has 1 aromatic rings. The van der Waals surface area contributed by atoms with Crippen molar-refractivity contribution in [3.63, 3.8) is 0 Å². The highest BCUT2D eigenvalue weighted by atomic mass is 16.3. The molecule has 4 heteroatoms. The first-order chi connectivity index (χ1) is 8.16. The smallest absolute Gasteiger partial charge is 0.227 e. The summed E-state index contributed by atoms with van der Waals surface area (Å²) in [4.78, 5) is 13.9. The second kappa shape index (κ2) is 5.19. The molecule has 0 radical (unpaired) electrons. The third kappa shape index (κ3) is 2.97. The lowest BCUT2D eigenvalue weighted by Gasteiger charge is -2.32. The zero-order valence-electron chi connectivity index (χ0n) is 10.0. The normalized spacial score (nSPS) is 20.3. The van der Waals surface area contributed by atoms with Crippen LogP contribution in [0.3, 0.4) is 0 Å². The van der Waals surface area contributed by atoms with Crippen LogP contribution in [0, 0.1) is 0 Å². The average molecular weight is 234 g/mol. The number of hydrogen-bond donors (Lipinski definition) is 2. The number of para-hydroxylation sites is 1. The Morgan fingerprint density at radius 2 is 2.29 bits per heavy atom. The van der Waals surface area contributed by atoms with Crippen molar-refractivity contribution in [3.8, 4) is 5.75 Å². The Hall–Kier alpha value is -1.55. The second-order valence-electron chi connectivity index (χ2n) is 4.50. The SMILES string of the molecule is C[C@@H]1CN(C(=O)Cc2ccccc2O)CCN1. The standard InChI is InChI=1S/C13H18N2O2/c1-10-9-15(7-6-14-10)13(17)8-11-4-2-3-5-12(11)16/h2-5,10,14,16H,6-9H2,1H3/t10-/m1/s1. The predicted octanol–water partition coefficient (Wildman–Crippen LogP) is 0.755. The van der Waals surface area contributed by atoms with E-state index in [4.69, 9.17) is 0 Å². The van der Waals surface area contributed by atoms with Gasteiger partial charge in [-0.2, -0.15) is 0 Å². The maximum atomic E-state index is 12.1. The van der Waals surface area contributed by atoms with Crippen LogP contribution in [0.2, 0.25) is 0 Å². The number of nitrogens with zero attached hydrogens (tertiary/aromatic N) is 1. The Morgan fingerprint density at radius 1 is 1.53 bits per heavy atom. The monoisotopic (exact) mass is 234 g/mol. The number of piperazine rings is 1. The molecular formula is C13H18N2O2. The summed E-state index contributed by atoms with van der Waals surface area (Å²) in [7, 11) is 0. The Bertz CT molecular complexity index is 406. The number of amides is 1. The van der Waals surface area contributed by atoms with E-state index in [1.54, 1.807) is 18.2 Å². The molecule has 1 amide bonds. The molecule has 2 rings (SSSR count). The number of nitrogens with one attached hydrogen (secondary N) is 1. The van der Waals surface area contributed by atoms with Gasteiger partial charge in [0.05, 0.1) is 6.42 Å². The first kappa shape index (κ1) is 11.9. The molecular weight excluding hydrogens is 216 g/mol. The van der Waals surface area contributed by atoms with E-state index in [2.05, 4.69) is 12.2 Å². The lowest BCUT2D eigenvalue weighted by atomic mass is 10.1. The van der Waals surface area contributed by atoms with Crippen LogP contribution in [0.4, 0.5) is 0 Å². The number of carbonyl (C=O) groups is 1. The van der Waals surface area contributed by atoms with E-state index in [9.17, 15) is 9.90 Å². The lowest BCUT2D eigenvalue weighted by Crippen LogP contribution is -2.51. The molecule has 4 nitrogen and oxygen atoms in total. The molecule has 2 N–H and O–H groups in total. The average Bonchev–Trinajstić information content (AvgIpc) is 2.32. The highest BCUT2D eigenvalue weighted by Gasteiger charge is 2.20. The number of aromatic hydroxyl groups is 1. The van der Waals surface area contributed by atoms with Crippen LogP contribution in [0.15, 0.2) is 24.3 Å². The van der Waals surface area contributed by atoms with Crippen molar-refractivity contribution in [3.05, 3.63) is 29.8 Å². The molecule has 0 bridgehead atoms. The van der Waals surface area contributed by atoms with Gasteiger partial charge in [-0.15, -0.1) is 0 Å². The summed E-state index contributed by atoms with van der Waals surface area (Å²) in [5.41, 5.74) is 0.698. The van der Waals surface area contributed by atoms with E-state index in [1.165, 1.54) is 0 Å². The van der Waals surface area contributed by atoms with E-state index in [-0.39, 0.29) is 18.1 Å². The van der Waals surface area contributed by atoms with Crippen molar-refractivity contribution in [2.75, 3.05) is 19.6 Å². The molecule has 0 aromatic heterocycles. The van der Waals surface area contributed by atoms with Crippen LogP contribution in [0.25, 0.3) is 0 Å². The summed E-state index contributed by atoms with van der Waals surface area (Å²) in [5.74, 6) is 0.281. The van der Waals surface area contributed by atoms with Crippen LogP contribution >= 0.6 is 0 Å². The molecule has 1 heterocycles. The molecule has 1 aliphatic rings. The molecule has 0 aliphatic carbocycles. The number of benzene rings is 1. The van der Waals surface area contributed by atoms with Gasteiger partial charge in [0.1, 0.15) is 5.75 Å². The number of rotatable bonds is 2. The number of phenols is 1. The van der Waals surface area contributed by atoms with Gasteiger partial charge in [-0.1, -0.05) is 18.2 Å². The fraction of sp³-hybridized carbons (Fsp3) is 0.462. The number of phenolic OH excluding ortho intramolecular Hbond substituents is 1. The molecule has 1 atom stereocenters. The van der Waals surface area contributed by atoms with Crippen molar-refractivity contribution in [2.45, 2.75) is 19.4 Å². The maximum Gasteiger partial charge on any atom is 0.227 e. The molecule has 1 aromatic carbocycles. The van der Waals surface area contributed by atoms with Crippen molar-refractivity contribution in [1.82, 2.24) is 10.2 Å². The minimum atomic E-state index is 0.0832. The van der Waals surface area contributed by atoms with Gasteiger partial charge in [-0.05, 0) is 13.0 Å². The van der Waals surface area contributed by atoms with Crippen LogP contribution in [-0.4, -0.2) is 41.6 Å². The summed E-state index contributed by atoms with van der Waals surface area (Å²) in [5, 5.41) is 12.9. The molecule has 92 valence electrons. The molecule has 1 fully saturated rings. The van der Waals surface area contributed by atoms with Gasteiger partial charge >= 0.3 is 0 Å². The topological polar surface area (TPSA) is 52.6 Å². The minimum Gasteiger partial charge on any atom is -0.508 e. The third-order valence-electron chi connectivity index (χ3n) is 3.05. The Kier molecular flexibility index (Phi) is 3.64. The van der Waals surface area contributed by atoms with Gasteiger partial charge in [0.25, 0.3) is 0 Å². The van der Waals surface area contributed by atoms with Gasteiger partial charge in [0.15, 0.2) is 0 Å². The quantitative estimate of drug-likeness (QED) is 0.794. The minimum absolute atomic E-state index is 0.0832. The molecule has 0 spiro atoms. The van der Waals surface area contributed by atoms with Crippen LogP contribution in [0.1, 0.15) is 12.5 Å². The van der Waals surface area contributed by atoms with Gasteiger partial charge in [0, 0.05) is 31.2 Å². The third-order valence-corrected chi connectivity index (χ3v) is 3.05. The van der Waals surface area contributed by atoms with E-state index in [1.807, 2.05) is 11.0 Å². The van der Waals surface area contributed by atoms with Crippen LogP contribution < -0.4 is 5.32 Å². The molecule has 0 saturated carbocycles. The van der Waals surface area contributed by atoms with Gasteiger partial charge in [0.2, 0.25) is 5.91 Å². The van der Waals surface area contributed by atoms with E-state index in [0.717, 1.165) is 19.6 Å². The molecule has 1 saturated heterocycles. The molecule has 1 aliphatic heterocycles. The number of hydrogen-bond acceptors (Lipinski definition) is 3. The zero-order valence-corrected chi connectivity index (χ0v) is 10.0. The lowest BCUT2D eigenvalue weighted by molar-refractivity contribution is -0.131. The Balaban J connectivity index is 1.99. The maximum absolute atomic E-state index is 12.1. The summed E-state index contributed by atoms with van der Waals surface area (Å²) in [6.07, 6.45) is 0.277. The first-order valence-electron chi connectivity index (χ1n) is 5.95. The van der Waals surface area contributed by atoms with Crippen molar-refractivity contribution in [2.24, 2.45) is 0 Å². The highest BCUT2D eigenvalue weighted by Crippen LogP contribution is 2.17. The van der Waals surface area contributed by atoms with Crippen molar-refractivity contribution < 1.29 is 9.90 Å². The first-order valence-corrected chi connectivity index (χ1v) is 5.95. The fourth-order valence-electron chi connectivity index (χ4n) is 2.09. The van der Waals surface area contributed by atoms with Gasteiger partial charge in [-0.3, -0.25) is 4.79 Å². The van der Waals surface area contributed by atoms with E-state index >= 15 is 0 Å². The van der Waals surface area contributed by atoms with Crippen molar-refractivity contribution >= 4 is 5.91 Å². The summed E-state index contributed by atoms with van der Waals surface area (Å²) in [6.45, 7) is 4.40. The molecule has 17 heavy (non-hydrogen) atoms. The predicted molar refractivity (Wildman–Crippen MR) is 65.9 cm³/mol. The van der Waals surface area contributed by atoms with E-state index < -0.39 is 0 Å². The fourth-order valence-corrected chi connectivity index (χ4v) is 2.09. The second-order valence-corrected chi connectivity index (χ2v) is 4.50. The summed E-state index contributed by atoms with van der Waals surface area (Å²) >= 11 is 0.